The van der Waals surface area contributed by atoms with E-state index in [1.54, 1.807) is 24.3 Å². The molecule has 9 heteroatoms. The quantitative estimate of drug-likeness (QED) is 0.411. The lowest BCUT2D eigenvalue weighted by atomic mass is 9.96. The Morgan fingerprint density at radius 1 is 0.838 bits per heavy atom. The number of benzene rings is 3. The maximum absolute atomic E-state index is 13.8. The zero-order valence-electron chi connectivity index (χ0n) is 22.3. The Labute approximate surface area is 219 Å². The number of nitrogens with zero attached hydrogens (tertiary/aromatic N) is 1. The van der Waals surface area contributed by atoms with Gasteiger partial charge in [0.05, 0.1) is 38.0 Å². The summed E-state index contributed by atoms with van der Waals surface area (Å²) >= 11 is 0. The van der Waals surface area contributed by atoms with E-state index in [2.05, 4.69) is 17.4 Å². The van der Waals surface area contributed by atoms with Crippen molar-refractivity contribution in [1.29, 1.82) is 0 Å². The van der Waals surface area contributed by atoms with Crippen LogP contribution in [0.2, 0.25) is 0 Å². The highest BCUT2D eigenvalue weighted by Crippen LogP contribution is 2.32. The zero-order valence-corrected chi connectivity index (χ0v) is 23.1. The number of hydrogen-bond acceptors (Lipinski definition) is 6. The summed E-state index contributed by atoms with van der Waals surface area (Å²) in [6.07, 6.45) is 0. The molecule has 1 N–H and O–H groups in total. The number of anilines is 1. The van der Waals surface area contributed by atoms with Gasteiger partial charge in [0.2, 0.25) is 5.91 Å². The first-order chi connectivity index (χ1) is 17.5. The summed E-state index contributed by atoms with van der Waals surface area (Å²) in [6, 6.07) is 14.6. The molecule has 0 aliphatic heterocycles. The average Bonchev–Trinajstić information content (AvgIpc) is 2.88. The molecule has 0 saturated heterocycles. The zero-order chi connectivity index (χ0) is 27.3. The second kappa shape index (κ2) is 11.6. The first kappa shape index (κ1) is 27.9. The van der Waals surface area contributed by atoms with E-state index in [1.165, 1.54) is 45.1 Å². The smallest absolute Gasteiger partial charge is 0.264 e. The third-order valence-corrected chi connectivity index (χ3v) is 8.09. The molecule has 198 valence electrons. The fraction of sp³-hybridized carbons (Fsp3) is 0.321. The number of nitrogens with one attached hydrogen (secondary N) is 1. The van der Waals surface area contributed by atoms with Gasteiger partial charge in [-0.05, 0) is 86.3 Å². The van der Waals surface area contributed by atoms with Crippen LogP contribution in [0.3, 0.4) is 0 Å². The Bertz CT molecular complexity index is 1370. The van der Waals surface area contributed by atoms with Gasteiger partial charge in [-0.25, -0.2) is 8.42 Å². The molecule has 3 rings (SSSR count). The molecule has 3 aromatic rings. The molecule has 0 spiro atoms. The molecule has 0 radical (unpaired) electrons. The summed E-state index contributed by atoms with van der Waals surface area (Å²) < 4.78 is 44.4. The van der Waals surface area contributed by atoms with Crippen LogP contribution >= 0.6 is 0 Å². The molecule has 0 unspecified atom stereocenters. The minimum atomic E-state index is -4.15. The van der Waals surface area contributed by atoms with Crippen LogP contribution in [0, 0.1) is 20.8 Å². The van der Waals surface area contributed by atoms with Gasteiger partial charge in [0.25, 0.3) is 10.0 Å². The van der Waals surface area contributed by atoms with Crippen LogP contribution in [0.1, 0.15) is 35.2 Å². The summed E-state index contributed by atoms with van der Waals surface area (Å²) in [7, 11) is 0.274. The van der Waals surface area contributed by atoms with Crippen molar-refractivity contribution in [2.24, 2.45) is 0 Å². The third kappa shape index (κ3) is 6.17. The Kier molecular flexibility index (Phi) is 8.70. The molecule has 8 nitrogen and oxygen atoms in total. The van der Waals surface area contributed by atoms with E-state index in [0.717, 1.165) is 21.0 Å². The van der Waals surface area contributed by atoms with E-state index in [4.69, 9.17) is 14.2 Å². The molecule has 0 bridgehead atoms. The van der Waals surface area contributed by atoms with E-state index >= 15 is 0 Å². The summed E-state index contributed by atoms with van der Waals surface area (Å²) in [4.78, 5) is 13.2. The van der Waals surface area contributed by atoms with Crippen molar-refractivity contribution in [3.63, 3.8) is 0 Å². The molecule has 1 amide bonds. The number of ether oxygens (including phenoxy) is 3. The van der Waals surface area contributed by atoms with Gasteiger partial charge in [0.1, 0.15) is 12.3 Å². The van der Waals surface area contributed by atoms with E-state index < -0.39 is 22.5 Å². The van der Waals surface area contributed by atoms with Crippen LogP contribution in [-0.2, 0) is 14.8 Å². The minimum absolute atomic E-state index is 0.0354. The Morgan fingerprint density at radius 3 is 2.05 bits per heavy atom. The maximum atomic E-state index is 13.8. The molecule has 37 heavy (non-hydrogen) atoms. The standard InChI is InChI=1S/C28H34N2O6S/c1-18-14-20(3)25(15-19(18)2)21(4)29-28(31)17-30(22-8-10-23(34-5)11-9-22)37(32,33)24-12-13-26(35-6)27(16-24)36-7/h8-16,21H,17H2,1-7H3,(H,29,31)/t21-/m1/s1. The fourth-order valence-electron chi connectivity index (χ4n) is 4.11. The fourth-order valence-corrected chi connectivity index (χ4v) is 5.55. The lowest BCUT2D eigenvalue weighted by molar-refractivity contribution is -0.120. The minimum Gasteiger partial charge on any atom is -0.497 e. The van der Waals surface area contributed by atoms with E-state index in [9.17, 15) is 13.2 Å². The van der Waals surface area contributed by atoms with Crippen LogP contribution < -0.4 is 23.8 Å². The molecule has 0 aromatic heterocycles. The first-order valence-corrected chi connectivity index (χ1v) is 13.2. The van der Waals surface area contributed by atoms with Crippen molar-refractivity contribution in [2.45, 2.75) is 38.6 Å². The Balaban J connectivity index is 1.96. The third-order valence-electron chi connectivity index (χ3n) is 6.32. The van der Waals surface area contributed by atoms with Crippen LogP contribution in [0.15, 0.2) is 59.5 Å². The number of amides is 1. The van der Waals surface area contributed by atoms with Crippen LogP contribution in [0.25, 0.3) is 0 Å². The van der Waals surface area contributed by atoms with Gasteiger partial charge in [-0.1, -0.05) is 12.1 Å². The second-order valence-corrected chi connectivity index (χ2v) is 10.7. The normalized spacial score (nSPS) is 12.0. The monoisotopic (exact) mass is 526 g/mol. The number of aryl methyl sites for hydroxylation is 3. The molecule has 0 aliphatic rings. The summed E-state index contributed by atoms with van der Waals surface area (Å²) in [6.45, 7) is 7.53. The maximum Gasteiger partial charge on any atom is 0.264 e. The van der Waals surface area contributed by atoms with E-state index in [-0.39, 0.29) is 16.7 Å². The van der Waals surface area contributed by atoms with Crippen molar-refractivity contribution < 1.29 is 27.4 Å². The number of carbonyl (C=O) groups excluding carboxylic acids is 1. The van der Waals surface area contributed by atoms with Gasteiger partial charge in [-0.3, -0.25) is 9.10 Å². The average molecular weight is 527 g/mol. The molecule has 0 saturated carbocycles. The van der Waals surface area contributed by atoms with E-state index in [1.807, 2.05) is 27.7 Å². The summed E-state index contributed by atoms with van der Waals surface area (Å²) in [5, 5.41) is 2.96. The van der Waals surface area contributed by atoms with Crippen LogP contribution in [0.4, 0.5) is 5.69 Å². The molecule has 1 atom stereocenters. The molecular formula is C28H34N2O6S. The molecule has 0 heterocycles. The predicted octanol–water partition coefficient (Wildman–Crippen LogP) is 4.71. The SMILES string of the molecule is COc1ccc(N(CC(=O)N[C@H](C)c2cc(C)c(C)cc2C)S(=O)(=O)c2ccc(OC)c(OC)c2)cc1. The molecule has 0 fully saturated rings. The van der Waals surface area contributed by atoms with Gasteiger partial charge in [0.15, 0.2) is 11.5 Å². The number of sulfonamides is 1. The van der Waals surface area contributed by atoms with Crippen molar-refractivity contribution in [3.8, 4) is 17.2 Å². The molecule has 3 aromatic carbocycles. The predicted molar refractivity (Wildman–Crippen MR) is 144 cm³/mol. The number of methoxy groups -OCH3 is 3. The number of hydrogen-bond donors (Lipinski definition) is 1. The van der Waals surface area contributed by atoms with Gasteiger partial charge < -0.3 is 19.5 Å². The highest BCUT2D eigenvalue weighted by molar-refractivity contribution is 7.92. The van der Waals surface area contributed by atoms with Gasteiger partial charge in [0, 0.05) is 6.07 Å². The topological polar surface area (TPSA) is 94.2 Å². The van der Waals surface area contributed by atoms with Crippen molar-refractivity contribution in [3.05, 3.63) is 76.9 Å². The Hall–Kier alpha value is -3.72. The summed E-state index contributed by atoms with van der Waals surface area (Å²) in [5.74, 6) is 0.787. The molecule has 0 aliphatic carbocycles. The highest BCUT2D eigenvalue weighted by Gasteiger charge is 2.29. The Morgan fingerprint density at radius 2 is 1.46 bits per heavy atom. The first-order valence-electron chi connectivity index (χ1n) is 11.8. The van der Waals surface area contributed by atoms with Crippen molar-refractivity contribution in [1.82, 2.24) is 5.32 Å². The van der Waals surface area contributed by atoms with Gasteiger partial charge >= 0.3 is 0 Å². The number of rotatable bonds is 10. The lowest BCUT2D eigenvalue weighted by Crippen LogP contribution is -2.41. The largest absolute Gasteiger partial charge is 0.497 e. The van der Waals surface area contributed by atoms with E-state index in [0.29, 0.717) is 17.2 Å². The van der Waals surface area contributed by atoms with Crippen LogP contribution in [0.5, 0.6) is 17.2 Å². The second-order valence-electron chi connectivity index (χ2n) is 8.81. The number of carbonyl (C=O) groups is 1. The summed E-state index contributed by atoms with van der Waals surface area (Å²) in [5.41, 5.74) is 4.65. The lowest BCUT2D eigenvalue weighted by Gasteiger charge is -2.26. The van der Waals surface area contributed by atoms with Gasteiger partial charge in [-0.15, -0.1) is 0 Å². The van der Waals surface area contributed by atoms with Crippen molar-refractivity contribution in [2.75, 3.05) is 32.2 Å². The van der Waals surface area contributed by atoms with Gasteiger partial charge in [-0.2, -0.15) is 0 Å². The van der Waals surface area contributed by atoms with Crippen molar-refractivity contribution >= 4 is 21.6 Å². The highest BCUT2D eigenvalue weighted by atomic mass is 32.2. The molecular weight excluding hydrogens is 492 g/mol. The van der Waals surface area contributed by atoms with Crippen LogP contribution in [-0.4, -0.2) is 42.2 Å².